The van der Waals surface area contributed by atoms with Crippen molar-refractivity contribution in [1.82, 2.24) is 30.2 Å². The molecule has 192 valence electrons. The molecule has 0 aliphatic heterocycles. The Kier molecular flexibility index (Phi) is 10.4. The summed E-state index contributed by atoms with van der Waals surface area (Å²) in [4.78, 5) is 48.9. The monoisotopic (exact) mass is 526 g/mol. The Morgan fingerprint density at radius 2 is 1.37 bits per heavy atom. The molecule has 2 aromatic heterocycles. The topological polar surface area (TPSA) is 160 Å². The largest absolute Gasteiger partial charge is 0.444 e. The van der Waals surface area contributed by atoms with Gasteiger partial charge in [-0.15, -0.1) is 20.4 Å². The molecule has 2 rings (SSSR count). The van der Waals surface area contributed by atoms with Gasteiger partial charge in [0.15, 0.2) is 0 Å². The summed E-state index contributed by atoms with van der Waals surface area (Å²) < 4.78 is 5.22. The van der Waals surface area contributed by atoms with E-state index in [-0.39, 0.29) is 19.0 Å². The molecular weight excluding hydrogens is 496 g/mol. The maximum Gasteiger partial charge on any atom is 0.410 e. The van der Waals surface area contributed by atoms with E-state index in [9.17, 15) is 19.2 Å². The van der Waals surface area contributed by atoms with Crippen LogP contribution in [0.5, 0.6) is 0 Å². The van der Waals surface area contributed by atoms with Crippen LogP contribution in [0.1, 0.15) is 43.6 Å². The highest BCUT2D eigenvalue weighted by atomic mass is 32.1. The summed E-state index contributed by atoms with van der Waals surface area (Å²) in [5.41, 5.74) is -0.640. The average Bonchev–Trinajstić information content (AvgIpc) is 3.38. The molecule has 4 amide bonds. The standard InChI is InChI=1S/C20H30N8O5S2/c1-20(2,3)33-19(32)28(5)11-14(31)22-18-26-24-16(35-18)9-7-6-8-15-23-25-17(34-15)21-13(30)10-27(4)12-29/h12H,6-11H2,1-5H3,(H,21,25,30)(H,22,26,31). The number of rotatable bonds is 12. The van der Waals surface area contributed by atoms with Crippen LogP contribution in [-0.4, -0.2) is 87.3 Å². The summed E-state index contributed by atoms with van der Waals surface area (Å²) in [7, 11) is 3.00. The molecule has 0 radical (unpaired) electrons. The molecule has 0 unspecified atom stereocenters. The van der Waals surface area contributed by atoms with Gasteiger partial charge >= 0.3 is 6.09 Å². The van der Waals surface area contributed by atoms with Crippen molar-refractivity contribution in [3.63, 3.8) is 0 Å². The fourth-order valence-electron chi connectivity index (χ4n) is 2.56. The van der Waals surface area contributed by atoms with Crippen LogP contribution in [0.4, 0.5) is 15.1 Å². The van der Waals surface area contributed by atoms with E-state index in [1.165, 1.54) is 46.6 Å². The van der Waals surface area contributed by atoms with Crippen LogP contribution in [-0.2, 0) is 32.0 Å². The van der Waals surface area contributed by atoms with Crippen LogP contribution in [0.2, 0.25) is 0 Å². The zero-order chi connectivity index (χ0) is 26.0. The number of ether oxygens (including phenoxy) is 1. The highest BCUT2D eigenvalue weighted by molar-refractivity contribution is 7.15. The third-order valence-corrected chi connectivity index (χ3v) is 5.91. The first-order valence-corrected chi connectivity index (χ1v) is 12.4. The van der Waals surface area contributed by atoms with Gasteiger partial charge in [0, 0.05) is 26.9 Å². The van der Waals surface area contributed by atoms with Gasteiger partial charge in [0.05, 0.1) is 6.54 Å². The predicted molar refractivity (Wildman–Crippen MR) is 131 cm³/mol. The molecule has 2 N–H and O–H groups in total. The summed E-state index contributed by atoms with van der Waals surface area (Å²) >= 11 is 2.57. The lowest BCUT2D eigenvalue weighted by molar-refractivity contribution is -0.124. The lowest BCUT2D eigenvalue weighted by Gasteiger charge is -2.24. The van der Waals surface area contributed by atoms with Crippen LogP contribution in [0.25, 0.3) is 0 Å². The van der Waals surface area contributed by atoms with Crippen molar-refractivity contribution < 1.29 is 23.9 Å². The number of nitrogens with zero attached hydrogens (tertiary/aromatic N) is 6. The molecule has 2 heterocycles. The number of carbonyl (C=O) groups excluding carboxylic acids is 4. The van der Waals surface area contributed by atoms with Gasteiger partial charge in [-0.25, -0.2) is 4.79 Å². The van der Waals surface area contributed by atoms with E-state index in [1.807, 2.05) is 0 Å². The number of unbranched alkanes of at least 4 members (excludes halogenated alkanes) is 1. The predicted octanol–water partition coefficient (Wildman–Crippen LogP) is 1.79. The highest BCUT2D eigenvalue weighted by Gasteiger charge is 2.21. The number of nitrogens with one attached hydrogen (secondary N) is 2. The van der Waals surface area contributed by atoms with E-state index in [4.69, 9.17) is 4.74 Å². The first-order valence-electron chi connectivity index (χ1n) is 10.8. The number of hydrogen-bond acceptors (Lipinski definition) is 11. The smallest absolute Gasteiger partial charge is 0.410 e. The number of anilines is 2. The number of likely N-dealkylation sites (N-methyl/N-ethyl adjacent to an activating group) is 2. The van der Waals surface area contributed by atoms with Gasteiger partial charge < -0.3 is 14.5 Å². The molecule has 0 saturated carbocycles. The molecule has 15 heteroatoms. The van der Waals surface area contributed by atoms with Gasteiger partial charge in [0.1, 0.15) is 22.2 Å². The maximum atomic E-state index is 12.2. The molecule has 0 spiro atoms. The van der Waals surface area contributed by atoms with Crippen LogP contribution < -0.4 is 10.6 Å². The van der Waals surface area contributed by atoms with Crippen molar-refractivity contribution in [2.24, 2.45) is 0 Å². The van der Waals surface area contributed by atoms with Gasteiger partial charge in [-0.1, -0.05) is 22.7 Å². The van der Waals surface area contributed by atoms with E-state index in [1.54, 1.807) is 20.8 Å². The summed E-state index contributed by atoms with van der Waals surface area (Å²) in [6.07, 6.45) is 3.03. The lowest BCUT2D eigenvalue weighted by Crippen LogP contribution is -2.38. The average molecular weight is 527 g/mol. The summed E-state index contributed by atoms with van der Waals surface area (Å²) in [6, 6.07) is 0. The molecular formula is C20H30N8O5S2. The Morgan fingerprint density at radius 1 is 0.886 bits per heavy atom. The van der Waals surface area contributed by atoms with Gasteiger partial charge in [0.2, 0.25) is 28.5 Å². The molecule has 0 saturated heterocycles. The number of carbonyl (C=O) groups is 4. The Balaban J connectivity index is 1.69. The van der Waals surface area contributed by atoms with Crippen molar-refractivity contribution in [1.29, 1.82) is 0 Å². The molecule has 35 heavy (non-hydrogen) atoms. The number of amides is 4. The first kappa shape index (κ1) is 28.0. The fraction of sp³-hybridized carbons (Fsp3) is 0.600. The summed E-state index contributed by atoms with van der Waals surface area (Å²) in [5.74, 6) is -0.726. The minimum absolute atomic E-state index is 0.0524. The molecule has 2 aromatic rings. The number of aromatic nitrogens is 4. The van der Waals surface area contributed by atoms with E-state index < -0.39 is 17.6 Å². The lowest BCUT2D eigenvalue weighted by atomic mass is 10.2. The second-order valence-corrected chi connectivity index (χ2v) is 10.8. The normalized spacial score (nSPS) is 11.0. The second kappa shape index (κ2) is 13.0. The Morgan fingerprint density at radius 3 is 1.83 bits per heavy atom. The first-order chi connectivity index (χ1) is 16.4. The Bertz CT molecular complexity index is 1020. The zero-order valence-corrected chi connectivity index (χ0v) is 22.0. The quantitative estimate of drug-likeness (QED) is 0.310. The molecule has 0 fully saturated rings. The molecule has 0 aromatic carbocycles. The minimum Gasteiger partial charge on any atom is -0.444 e. The third-order valence-electron chi connectivity index (χ3n) is 4.12. The maximum absolute atomic E-state index is 12.2. The molecule has 0 aliphatic rings. The summed E-state index contributed by atoms with van der Waals surface area (Å²) in [5, 5.41) is 23.7. The molecule has 13 nitrogen and oxygen atoms in total. The molecule has 0 aliphatic carbocycles. The van der Waals surface area contributed by atoms with Gasteiger partial charge in [-0.3, -0.25) is 25.0 Å². The van der Waals surface area contributed by atoms with Gasteiger partial charge in [-0.05, 0) is 33.6 Å². The van der Waals surface area contributed by atoms with E-state index in [2.05, 4.69) is 31.0 Å². The van der Waals surface area contributed by atoms with Crippen LogP contribution in [0.15, 0.2) is 0 Å². The number of aryl methyl sites for hydroxylation is 2. The minimum atomic E-state index is -0.640. The number of hydrogen-bond donors (Lipinski definition) is 2. The third kappa shape index (κ3) is 10.7. The van der Waals surface area contributed by atoms with Gasteiger partial charge in [0.25, 0.3) is 0 Å². The SMILES string of the molecule is CN(C=O)CC(=O)Nc1nnc(CCCCc2nnc(NC(=O)CN(C)C(=O)OC(C)(C)C)s2)s1. The van der Waals surface area contributed by atoms with Crippen molar-refractivity contribution in [3.05, 3.63) is 10.0 Å². The zero-order valence-electron chi connectivity index (χ0n) is 20.4. The van der Waals surface area contributed by atoms with E-state index in [0.717, 1.165) is 22.9 Å². The van der Waals surface area contributed by atoms with Crippen molar-refractivity contribution in [2.45, 2.75) is 52.1 Å². The van der Waals surface area contributed by atoms with Crippen molar-refractivity contribution >= 4 is 57.3 Å². The van der Waals surface area contributed by atoms with E-state index >= 15 is 0 Å². The fourth-order valence-corrected chi connectivity index (χ4v) is 4.16. The van der Waals surface area contributed by atoms with Crippen LogP contribution in [0, 0.1) is 0 Å². The molecule has 0 bridgehead atoms. The van der Waals surface area contributed by atoms with Crippen LogP contribution in [0.3, 0.4) is 0 Å². The van der Waals surface area contributed by atoms with Gasteiger partial charge in [-0.2, -0.15) is 0 Å². The summed E-state index contributed by atoms with van der Waals surface area (Å²) in [6.45, 7) is 5.05. The van der Waals surface area contributed by atoms with Crippen LogP contribution >= 0.6 is 22.7 Å². The Hall–Kier alpha value is -3.20. The van der Waals surface area contributed by atoms with Crippen molar-refractivity contribution in [2.75, 3.05) is 37.8 Å². The van der Waals surface area contributed by atoms with E-state index in [0.29, 0.717) is 29.5 Å². The highest BCUT2D eigenvalue weighted by Crippen LogP contribution is 2.20. The molecule has 0 atom stereocenters. The Labute approximate surface area is 211 Å². The van der Waals surface area contributed by atoms with Crippen molar-refractivity contribution in [3.8, 4) is 0 Å². The second-order valence-electron chi connectivity index (χ2n) is 8.66.